The topological polar surface area (TPSA) is 101 Å². The zero-order valence-corrected chi connectivity index (χ0v) is 19.0. The lowest BCUT2D eigenvalue weighted by Crippen LogP contribution is -2.26. The van der Waals surface area contributed by atoms with Crippen LogP contribution >= 0.6 is 0 Å². The van der Waals surface area contributed by atoms with E-state index in [9.17, 15) is 14.4 Å². The van der Waals surface area contributed by atoms with Crippen molar-refractivity contribution in [1.82, 2.24) is 0 Å². The third-order valence-corrected chi connectivity index (χ3v) is 4.67. The Hall–Kier alpha value is -3.81. The second-order valence-corrected chi connectivity index (χ2v) is 7.25. The van der Waals surface area contributed by atoms with Crippen molar-refractivity contribution in [2.45, 2.75) is 40.2 Å². The molecule has 0 bridgehead atoms. The van der Waals surface area contributed by atoms with Crippen LogP contribution in [0.5, 0.6) is 17.2 Å². The highest BCUT2D eigenvalue weighted by molar-refractivity contribution is 5.89. The Morgan fingerprint density at radius 2 is 1.70 bits per heavy atom. The van der Waals surface area contributed by atoms with Crippen molar-refractivity contribution in [3.63, 3.8) is 0 Å². The van der Waals surface area contributed by atoms with E-state index in [0.29, 0.717) is 34.6 Å². The maximum atomic E-state index is 13.0. The quantitative estimate of drug-likeness (QED) is 0.425. The minimum atomic E-state index is -0.806. The summed E-state index contributed by atoms with van der Waals surface area (Å²) in [4.78, 5) is 36.7. The van der Waals surface area contributed by atoms with Gasteiger partial charge in [-0.25, -0.2) is 9.59 Å². The molecular formula is C25H26O8. The molecule has 1 heterocycles. The Kier molecular flexibility index (Phi) is 7.71. The van der Waals surface area contributed by atoms with E-state index in [1.54, 1.807) is 63.2 Å². The zero-order valence-electron chi connectivity index (χ0n) is 19.0. The summed E-state index contributed by atoms with van der Waals surface area (Å²) in [6.07, 6.45) is -0.0674. The van der Waals surface area contributed by atoms with Gasteiger partial charge < -0.3 is 23.4 Å². The van der Waals surface area contributed by atoms with Crippen LogP contribution in [-0.2, 0) is 14.3 Å². The summed E-state index contributed by atoms with van der Waals surface area (Å²) in [5, 5.41) is 0.298. The van der Waals surface area contributed by atoms with Gasteiger partial charge in [0.2, 0.25) is 11.2 Å². The van der Waals surface area contributed by atoms with Crippen LogP contribution in [0.15, 0.2) is 51.7 Å². The number of hydrogen-bond acceptors (Lipinski definition) is 8. The highest BCUT2D eigenvalue weighted by atomic mass is 16.6. The molecule has 0 amide bonds. The fraction of sp³-hybridized carbons (Fsp3) is 0.320. The van der Waals surface area contributed by atoms with Crippen molar-refractivity contribution >= 4 is 22.9 Å². The van der Waals surface area contributed by atoms with Crippen LogP contribution in [0.1, 0.15) is 43.3 Å². The number of aryl methyl sites for hydroxylation is 1. The van der Waals surface area contributed by atoms with Crippen molar-refractivity contribution in [3.8, 4) is 17.2 Å². The maximum absolute atomic E-state index is 13.0. The van der Waals surface area contributed by atoms with Crippen LogP contribution in [0.2, 0.25) is 0 Å². The lowest BCUT2D eigenvalue weighted by Gasteiger charge is -2.14. The Bertz CT molecular complexity index is 1190. The second-order valence-electron chi connectivity index (χ2n) is 7.25. The molecule has 0 saturated heterocycles. The summed E-state index contributed by atoms with van der Waals surface area (Å²) >= 11 is 0. The van der Waals surface area contributed by atoms with Gasteiger partial charge >= 0.3 is 11.9 Å². The van der Waals surface area contributed by atoms with Crippen LogP contribution in [0.4, 0.5) is 0 Å². The molecule has 0 aliphatic carbocycles. The second kappa shape index (κ2) is 10.7. The Morgan fingerprint density at radius 1 is 1.00 bits per heavy atom. The molecular weight excluding hydrogens is 428 g/mol. The lowest BCUT2D eigenvalue weighted by atomic mass is 10.2. The minimum absolute atomic E-state index is 0.0392. The molecule has 2 aromatic carbocycles. The number of esters is 2. The third kappa shape index (κ3) is 5.71. The molecule has 1 atom stereocenters. The number of ether oxygens (including phenoxy) is 4. The van der Waals surface area contributed by atoms with Gasteiger partial charge in [-0.05, 0) is 63.6 Å². The summed E-state index contributed by atoms with van der Waals surface area (Å²) in [5.74, 6) is 0.153. The van der Waals surface area contributed by atoms with Crippen LogP contribution in [0, 0.1) is 6.92 Å². The molecule has 8 nitrogen and oxygen atoms in total. The first-order chi connectivity index (χ1) is 15.8. The number of benzene rings is 2. The molecule has 3 rings (SSSR count). The predicted molar refractivity (Wildman–Crippen MR) is 121 cm³/mol. The van der Waals surface area contributed by atoms with Crippen molar-refractivity contribution in [2.24, 2.45) is 0 Å². The van der Waals surface area contributed by atoms with E-state index < -0.39 is 18.0 Å². The van der Waals surface area contributed by atoms with Crippen molar-refractivity contribution < 1.29 is 33.0 Å². The molecule has 33 heavy (non-hydrogen) atoms. The van der Waals surface area contributed by atoms with Gasteiger partial charge in [-0.1, -0.05) is 6.92 Å². The van der Waals surface area contributed by atoms with Crippen molar-refractivity contribution in [1.29, 1.82) is 0 Å². The molecule has 0 aliphatic heterocycles. The SMILES string of the molecule is CCCOC(=O)c1ccc(Oc2c(C)oc3cc(OC(C)C(=O)OCC)ccc3c2=O)cc1. The molecule has 0 fully saturated rings. The summed E-state index contributed by atoms with van der Waals surface area (Å²) in [6.45, 7) is 7.43. The molecule has 8 heteroatoms. The third-order valence-electron chi connectivity index (χ3n) is 4.67. The summed E-state index contributed by atoms with van der Waals surface area (Å²) < 4.78 is 27.2. The summed E-state index contributed by atoms with van der Waals surface area (Å²) in [7, 11) is 0. The highest BCUT2D eigenvalue weighted by Gasteiger charge is 2.18. The average molecular weight is 454 g/mol. The minimum Gasteiger partial charge on any atom is -0.479 e. The standard InChI is InChI=1S/C25H26O8/c1-5-13-30-25(28)17-7-9-18(10-8-17)33-23-15(3)32-21-14-19(11-12-20(21)22(23)26)31-16(4)24(27)29-6-2/h7-12,14,16H,5-6,13H2,1-4H3. The van der Waals surface area contributed by atoms with Crippen molar-refractivity contribution in [3.05, 3.63) is 64.0 Å². The Labute approximate surface area is 191 Å². The molecule has 3 aromatic rings. The van der Waals surface area contributed by atoms with Crippen molar-refractivity contribution in [2.75, 3.05) is 13.2 Å². The van der Waals surface area contributed by atoms with Crippen LogP contribution < -0.4 is 14.9 Å². The molecule has 174 valence electrons. The Balaban J connectivity index is 1.81. The molecule has 1 unspecified atom stereocenters. The number of hydrogen-bond donors (Lipinski definition) is 0. The molecule has 0 radical (unpaired) electrons. The highest BCUT2D eigenvalue weighted by Crippen LogP contribution is 2.28. The molecule has 0 saturated carbocycles. The largest absolute Gasteiger partial charge is 0.479 e. The first-order valence-electron chi connectivity index (χ1n) is 10.7. The average Bonchev–Trinajstić information content (AvgIpc) is 2.80. The molecule has 1 aromatic heterocycles. The normalized spacial score (nSPS) is 11.6. The number of carbonyl (C=O) groups excluding carboxylic acids is 2. The number of rotatable bonds is 9. The van der Waals surface area contributed by atoms with Crippen LogP contribution in [0.25, 0.3) is 11.0 Å². The lowest BCUT2D eigenvalue weighted by molar-refractivity contribution is -0.150. The predicted octanol–water partition coefficient (Wildman–Crippen LogP) is 4.79. The van der Waals surface area contributed by atoms with Gasteiger partial charge in [-0.15, -0.1) is 0 Å². The van der Waals surface area contributed by atoms with Crippen LogP contribution in [0.3, 0.4) is 0 Å². The molecule has 0 aliphatic rings. The fourth-order valence-electron chi connectivity index (χ4n) is 3.03. The van der Waals surface area contributed by atoms with Gasteiger partial charge in [0.25, 0.3) is 0 Å². The molecule has 0 spiro atoms. The van der Waals surface area contributed by atoms with Gasteiger partial charge in [0, 0.05) is 6.07 Å². The Morgan fingerprint density at radius 3 is 2.36 bits per heavy atom. The van der Waals surface area contributed by atoms with E-state index in [1.165, 1.54) is 0 Å². The van der Waals surface area contributed by atoms with E-state index >= 15 is 0 Å². The van der Waals surface area contributed by atoms with E-state index in [0.717, 1.165) is 6.42 Å². The first-order valence-corrected chi connectivity index (χ1v) is 10.7. The summed E-state index contributed by atoms with van der Waals surface area (Å²) in [5.41, 5.74) is 0.334. The van der Waals surface area contributed by atoms with Gasteiger partial charge in [0.15, 0.2) is 6.10 Å². The van der Waals surface area contributed by atoms with E-state index in [2.05, 4.69) is 0 Å². The van der Waals surface area contributed by atoms with Crippen LogP contribution in [-0.4, -0.2) is 31.3 Å². The summed E-state index contributed by atoms with van der Waals surface area (Å²) in [6, 6.07) is 11.0. The number of fused-ring (bicyclic) bond motifs is 1. The van der Waals surface area contributed by atoms with Gasteiger partial charge in [0.05, 0.1) is 24.2 Å². The molecule has 0 N–H and O–H groups in total. The fourth-order valence-corrected chi connectivity index (χ4v) is 3.03. The van der Waals surface area contributed by atoms with E-state index in [-0.39, 0.29) is 23.5 Å². The first kappa shape index (κ1) is 23.8. The van der Waals surface area contributed by atoms with E-state index in [1.807, 2.05) is 6.92 Å². The smallest absolute Gasteiger partial charge is 0.347 e. The maximum Gasteiger partial charge on any atom is 0.347 e. The van der Waals surface area contributed by atoms with Gasteiger partial charge in [0.1, 0.15) is 22.8 Å². The van der Waals surface area contributed by atoms with Gasteiger partial charge in [-0.2, -0.15) is 0 Å². The zero-order chi connectivity index (χ0) is 24.0. The number of carbonyl (C=O) groups is 2. The van der Waals surface area contributed by atoms with Gasteiger partial charge in [-0.3, -0.25) is 4.79 Å². The van der Waals surface area contributed by atoms with E-state index in [4.69, 9.17) is 23.4 Å². The monoisotopic (exact) mass is 454 g/mol.